The van der Waals surface area contributed by atoms with Gasteiger partial charge in [-0.2, -0.15) is 0 Å². The summed E-state index contributed by atoms with van der Waals surface area (Å²) in [7, 11) is 0. The zero-order chi connectivity index (χ0) is 17.5. The number of non-ortho nitro benzene ring substituents is 1. The second-order valence-corrected chi connectivity index (χ2v) is 4.71. The van der Waals surface area contributed by atoms with Gasteiger partial charge < -0.3 is 14.8 Å². The number of hydrogen-bond donors (Lipinski definition) is 1. The van der Waals surface area contributed by atoms with Gasteiger partial charge in [-0.15, -0.1) is 0 Å². The number of amides is 1. The second-order valence-electron chi connectivity index (χ2n) is 4.71. The molecule has 0 heterocycles. The zero-order valence-electron chi connectivity index (χ0n) is 12.7. The molecule has 0 spiro atoms. The first kappa shape index (κ1) is 16.9. The van der Waals surface area contributed by atoms with Crippen molar-refractivity contribution in [2.45, 2.75) is 6.92 Å². The Labute approximate surface area is 137 Å². The molecule has 0 fully saturated rings. The van der Waals surface area contributed by atoms with Gasteiger partial charge in [0.25, 0.3) is 11.6 Å². The van der Waals surface area contributed by atoms with Crippen LogP contribution in [0.3, 0.4) is 0 Å². The van der Waals surface area contributed by atoms with Crippen LogP contribution in [0.2, 0.25) is 0 Å². The fraction of sp³-hybridized carbons (Fsp3) is 0.125. The quantitative estimate of drug-likeness (QED) is 0.377. The van der Waals surface area contributed by atoms with Crippen LogP contribution in [0.1, 0.15) is 6.92 Å². The van der Waals surface area contributed by atoms with E-state index in [1.54, 1.807) is 18.2 Å². The number of benzene rings is 2. The predicted octanol–water partition coefficient (Wildman–Crippen LogP) is 2.54. The molecule has 0 atom stereocenters. The maximum atomic E-state index is 11.8. The summed E-state index contributed by atoms with van der Waals surface area (Å²) in [4.78, 5) is 32.8. The first-order valence-corrected chi connectivity index (χ1v) is 6.89. The summed E-state index contributed by atoms with van der Waals surface area (Å²) in [5.74, 6) is -0.227. The van der Waals surface area contributed by atoms with Gasteiger partial charge in [0.15, 0.2) is 6.61 Å². The van der Waals surface area contributed by atoms with E-state index in [4.69, 9.17) is 9.47 Å². The molecule has 0 saturated heterocycles. The van der Waals surface area contributed by atoms with Gasteiger partial charge in [-0.25, -0.2) is 0 Å². The van der Waals surface area contributed by atoms with Crippen molar-refractivity contribution in [3.8, 4) is 11.5 Å². The van der Waals surface area contributed by atoms with Crippen LogP contribution in [-0.4, -0.2) is 23.4 Å². The van der Waals surface area contributed by atoms with Crippen molar-refractivity contribution >= 4 is 23.3 Å². The van der Waals surface area contributed by atoms with E-state index in [9.17, 15) is 19.7 Å². The smallest absolute Gasteiger partial charge is 0.308 e. The molecule has 124 valence electrons. The average molecular weight is 330 g/mol. The summed E-state index contributed by atoms with van der Waals surface area (Å²) in [5, 5.41) is 13.1. The maximum Gasteiger partial charge on any atom is 0.308 e. The summed E-state index contributed by atoms with van der Waals surface area (Å²) < 4.78 is 10.2. The van der Waals surface area contributed by atoms with Crippen molar-refractivity contribution in [2.75, 3.05) is 11.9 Å². The van der Waals surface area contributed by atoms with E-state index in [1.165, 1.54) is 37.3 Å². The SMILES string of the molecule is CC(=O)Oc1cccc(NC(=O)COc2ccc([N+](=O)[O-])cc2)c1. The van der Waals surface area contributed by atoms with Gasteiger partial charge in [0.05, 0.1) is 4.92 Å². The van der Waals surface area contributed by atoms with Crippen molar-refractivity contribution in [1.29, 1.82) is 0 Å². The highest BCUT2D eigenvalue weighted by molar-refractivity contribution is 5.92. The van der Waals surface area contributed by atoms with Gasteiger partial charge >= 0.3 is 5.97 Å². The van der Waals surface area contributed by atoms with Gasteiger partial charge in [0.1, 0.15) is 11.5 Å². The minimum absolute atomic E-state index is 0.0610. The number of anilines is 1. The monoisotopic (exact) mass is 330 g/mol. The summed E-state index contributed by atoms with van der Waals surface area (Å²) in [6, 6.07) is 11.8. The van der Waals surface area contributed by atoms with Crippen LogP contribution in [0, 0.1) is 10.1 Å². The Hall–Kier alpha value is -3.42. The van der Waals surface area contributed by atoms with Crippen LogP contribution >= 0.6 is 0 Å². The summed E-state index contributed by atoms with van der Waals surface area (Å²) in [6.07, 6.45) is 0. The lowest BCUT2D eigenvalue weighted by Gasteiger charge is -2.08. The lowest BCUT2D eigenvalue weighted by Crippen LogP contribution is -2.20. The molecular formula is C16H14N2O6. The van der Waals surface area contributed by atoms with Crippen molar-refractivity contribution in [3.63, 3.8) is 0 Å². The van der Waals surface area contributed by atoms with E-state index in [2.05, 4.69) is 5.32 Å². The molecule has 0 saturated carbocycles. The highest BCUT2D eigenvalue weighted by Crippen LogP contribution is 2.19. The van der Waals surface area contributed by atoms with Crippen molar-refractivity contribution < 1.29 is 24.0 Å². The molecular weight excluding hydrogens is 316 g/mol. The molecule has 2 aromatic rings. The molecule has 0 bridgehead atoms. The highest BCUT2D eigenvalue weighted by Gasteiger charge is 2.08. The Bertz CT molecular complexity index is 757. The van der Waals surface area contributed by atoms with Crippen LogP contribution < -0.4 is 14.8 Å². The molecule has 0 aromatic heterocycles. The lowest BCUT2D eigenvalue weighted by atomic mass is 10.3. The van der Waals surface area contributed by atoms with E-state index >= 15 is 0 Å². The van der Waals surface area contributed by atoms with Crippen molar-refractivity contribution in [3.05, 3.63) is 58.6 Å². The number of nitro groups is 1. The Morgan fingerprint density at radius 3 is 2.46 bits per heavy atom. The van der Waals surface area contributed by atoms with Crippen LogP contribution in [0.15, 0.2) is 48.5 Å². The Morgan fingerprint density at radius 2 is 1.83 bits per heavy atom. The van der Waals surface area contributed by atoms with Crippen LogP contribution in [-0.2, 0) is 9.59 Å². The number of nitrogens with zero attached hydrogens (tertiary/aromatic N) is 1. The standard InChI is InChI=1S/C16H14N2O6/c1-11(19)24-15-4-2-3-12(9-15)17-16(20)10-23-14-7-5-13(6-8-14)18(21)22/h2-9H,10H2,1H3,(H,17,20). The average Bonchev–Trinajstić information content (AvgIpc) is 2.53. The number of carbonyl (C=O) groups is 2. The first-order valence-electron chi connectivity index (χ1n) is 6.89. The van der Waals surface area contributed by atoms with Crippen molar-refractivity contribution in [2.24, 2.45) is 0 Å². The number of nitrogens with one attached hydrogen (secondary N) is 1. The maximum absolute atomic E-state index is 11.8. The van der Waals surface area contributed by atoms with Gasteiger partial charge in [-0.3, -0.25) is 19.7 Å². The van der Waals surface area contributed by atoms with E-state index in [0.717, 1.165) is 0 Å². The Balaban J connectivity index is 1.89. The molecule has 24 heavy (non-hydrogen) atoms. The number of carbonyl (C=O) groups excluding carboxylic acids is 2. The third-order valence-corrected chi connectivity index (χ3v) is 2.80. The van der Waals surface area contributed by atoms with Gasteiger partial charge in [-0.1, -0.05) is 6.07 Å². The minimum atomic E-state index is -0.521. The summed E-state index contributed by atoms with van der Waals surface area (Å²) >= 11 is 0. The van der Waals surface area contributed by atoms with E-state index in [-0.39, 0.29) is 12.3 Å². The molecule has 2 rings (SSSR count). The van der Waals surface area contributed by atoms with Crippen LogP contribution in [0.5, 0.6) is 11.5 Å². The third-order valence-electron chi connectivity index (χ3n) is 2.80. The lowest BCUT2D eigenvalue weighted by molar-refractivity contribution is -0.384. The normalized spacial score (nSPS) is 9.88. The molecule has 8 nitrogen and oxygen atoms in total. The molecule has 0 aliphatic heterocycles. The fourth-order valence-electron chi connectivity index (χ4n) is 1.81. The van der Waals surface area contributed by atoms with Crippen LogP contribution in [0.4, 0.5) is 11.4 Å². The van der Waals surface area contributed by atoms with E-state index in [1.807, 2.05) is 0 Å². The number of hydrogen-bond acceptors (Lipinski definition) is 6. The van der Waals surface area contributed by atoms with Gasteiger partial charge in [-0.05, 0) is 24.3 Å². The largest absolute Gasteiger partial charge is 0.484 e. The molecule has 0 aliphatic rings. The molecule has 1 amide bonds. The first-order chi connectivity index (χ1) is 11.4. The number of ether oxygens (including phenoxy) is 2. The zero-order valence-corrected chi connectivity index (χ0v) is 12.7. The summed E-state index contributed by atoms with van der Waals surface area (Å²) in [6.45, 7) is 1.01. The molecule has 1 N–H and O–H groups in total. The van der Waals surface area contributed by atoms with Crippen molar-refractivity contribution in [1.82, 2.24) is 0 Å². The molecule has 2 aromatic carbocycles. The predicted molar refractivity (Wildman–Crippen MR) is 85.0 cm³/mol. The minimum Gasteiger partial charge on any atom is -0.484 e. The molecule has 0 unspecified atom stereocenters. The van der Waals surface area contributed by atoms with E-state index < -0.39 is 16.8 Å². The summed E-state index contributed by atoms with van der Waals surface area (Å²) in [5.41, 5.74) is 0.389. The molecule has 8 heteroatoms. The van der Waals surface area contributed by atoms with Gasteiger partial charge in [0, 0.05) is 30.8 Å². The number of nitro benzene ring substituents is 1. The third kappa shape index (κ3) is 5.09. The van der Waals surface area contributed by atoms with Gasteiger partial charge in [0.2, 0.25) is 0 Å². The number of rotatable bonds is 6. The fourth-order valence-corrected chi connectivity index (χ4v) is 1.81. The second kappa shape index (κ2) is 7.73. The Kier molecular flexibility index (Phi) is 5.45. The van der Waals surface area contributed by atoms with Crippen LogP contribution in [0.25, 0.3) is 0 Å². The molecule has 0 aliphatic carbocycles. The topological polar surface area (TPSA) is 108 Å². The van der Waals surface area contributed by atoms with E-state index in [0.29, 0.717) is 17.2 Å². The Morgan fingerprint density at radius 1 is 1.12 bits per heavy atom. The number of esters is 1. The highest BCUT2D eigenvalue weighted by atomic mass is 16.6. The molecule has 0 radical (unpaired) electrons.